The van der Waals surface area contributed by atoms with E-state index in [1.807, 2.05) is 0 Å². The lowest BCUT2D eigenvalue weighted by Gasteiger charge is -2.36. The quantitative estimate of drug-likeness (QED) is 0.106. The number of aliphatic hydroxyl groups excluding tert-OH is 1. The number of ether oxygens (including phenoxy) is 5. The van der Waals surface area contributed by atoms with Gasteiger partial charge in [0.15, 0.2) is 18.5 Å². The normalized spacial score (nSPS) is 14.3. The third-order valence-electron chi connectivity index (χ3n) is 6.43. The number of carbonyl (C=O) groups is 4. The standard InChI is InChI=1S/C33H37NO10/c1-22(21-41-23(2)35)27(42-30(36)24-13-6-3-7-14-24)28(43-31(37)25-15-8-4-9-16-25)29(33(39)40-20-12-19-34)44-32(38)26-17-10-5-11-18-26/h3-11,13-18,22,27-29,33,39H,12,19-21,34H2,1-2H3. The van der Waals surface area contributed by atoms with E-state index in [1.54, 1.807) is 61.5 Å². The van der Waals surface area contributed by atoms with Crippen LogP contribution in [0.4, 0.5) is 0 Å². The van der Waals surface area contributed by atoms with Gasteiger partial charge >= 0.3 is 23.9 Å². The monoisotopic (exact) mass is 607 g/mol. The summed E-state index contributed by atoms with van der Waals surface area (Å²) in [5.41, 5.74) is 6.05. The zero-order valence-electron chi connectivity index (χ0n) is 24.6. The minimum atomic E-state index is -1.85. The van der Waals surface area contributed by atoms with Gasteiger partial charge in [-0.25, -0.2) is 14.4 Å². The smallest absolute Gasteiger partial charge is 0.338 e. The lowest BCUT2D eigenvalue weighted by atomic mass is 9.95. The van der Waals surface area contributed by atoms with E-state index in [9.17, 15) is 24.3 Å². The lowest BCUT2D eigenvalue weighted by Crippen LogP contribution is -2.54. The van der Waals surface area contributed by atoms with Gasteiger partial charge in [-0.15, -0.1) is 0 Å². The van der Waals surface area contributed by atoms with Crippen LogP contribution in [-0.4, -0.2) is 73.3 Å². The number of esters is 4. The lowest BCUT2D eigenvalue weighted by molar-refractivity contribution is -0.208. The number of rotatable bonds is 16. The van der Waals surface area contributed by atoms with Crippen molar-refractivity contribution in [1.29, 1.82) is 0 Å². The average molecular weight is 608 g/mol. The first-order valence-electron chi connectivity index (χ1n) is 14.1. The van der Waals surface area contributed by atoms with Crippen molar-refractivity contribution in [2.75, 3.05) is 19.8 Å². The molecule has 0 aliphatic rings. The average Bonchev–Trinajstić information content (AvgIpc) is 3.05. The van der Waals surface area contributed by atoms with Crippen LogP contribution in [0.1, 0.15) is 51.3 Å². The molecule has 3 rings (SSSR count). The van der Waals surface area contributed by atoms with Gasteiger partial charge in [0.1, 0.15) is 6.10 Å². The van der Waals surface area contributed by atoms with Gasteiger partial charge in [-0.3, -0.25) is 4.79 Å². The van der Waals surface area contributed by atoms with E-state index in [0.29, 0.717) is 6.42 Å². The second-order valence-electron chi connectivity index (χ2n) is 9.89. The van der Waals surface area contributed by atoms with E-state index in [-0.39, 0.29) is 36.4 Å². The van der Waals surface area contributed by atoms with Crippen molar-refractivity contribution in [3.8, 4) is 0 Å². The van der Waals surface area contributed by atoms with E-state index in [2.05, 4.69) is 0 Å². The summed E-state index contributed by atoms with van der Waals surface area (Å²) < 4.78 is 28.3. The summed E-state index contributed by atoms with van der Waals surface area (Å²) >= 11 is 0. The molecular weight excluding hydrogens is 570 g/mol. The van der Waals surface area contributed by atoms with E-state index in [4.69, 9.17) is 29.4 Å². The maximum Gasteiger partial charge on any atom is 0.338 e. The van der Waals surface area contributed by atoms with Crippen LogP contribution in [0.25, 0.3) is 0 Å². The van der Waals surface area contributed by atoms with Gasteiger partial charge in [0.25, 0.3) is 0 Å². The molecule has 3 N–H and O–H groups in total. The SMILES string of the molecule is CC(=O)OCC(C)C(OC(=O)c1ccccc1)C(OC(=O)c1ccccc1)C(OC(=O)c1ccccc1)C(O)OCCCN. The molecule has 0 aliphatic carbocycles. The molecule has 0 spiro atoms. The molecule has 3 aromatic carbocycles. The van der Waals surface area contributed by atoms with Gasteiger partial charge in [0.05, 0.1) is 29.9 Å². The zero-order valence-corrected chi connectivity index (χ0v) is 24.6. The maximum absolute atomic E-state index is 13.4. The van der Waals surface area contributed by atoms with Crippen LogP contribution in [0.5, 0.6) is 0 Å². The highest BCUT2D eigenvalue weighted by Gasteiger charge is 2.45. The number of benzene rings is 3. The third kappa shape index (κ3) is 10.3. The molecule has 0 radical (unpaired) electrons. The molecule has 0 heterocycles. The Kier molecular flexibility index (Phi) is 13.5. The molecule has 0 saturated carbocycles. The van der Waals surface area contributed by atoms with Crippen LogP contribution < -0.4 is 5.73 Å². The minimum absolute atomic E-state index is 0.0200. The van der Waals surface area contributed by atoms with Crippen LogP contribution in [0.15, 0.2) is 91.0 Å². The summed E-state index contributed by atoms with van der Waals surface area (Å²) in [6.07, 6.45) is -6.24. The number of nitrogens with two attached hydrogens (primary N) is 1. The van der Waals surface area contributed by atoms with Gasteiger partial charge in [0.2, 0.25) is 0 Å². The zero-order chi connectivity index (χ0) is 31.9. The molecule has 0 bridgehead atoms. The van der Waals surface area contributed by atoms with Crippen molar-refractivity contribution in [3.63, 3.8) is 0 Å². The van der Waals surface area contributed by atoms with Gasteiger partial charge in [0, 0.05) is 12.8 Å². The summed E-state index contributed by atoms with van der Waals surface area (Å²) in [5.74, 6) is -3.93. The number of carbonyl (C=O) groups excluding carboxylic acids is 4. The van der Waals surface area contributed by atoms with Crippen LogP contribution in [-0.2, 0) is 28.5 Å². The van der Waals surface area contributed by atoms with E-state index in [0.717, 1.165) is 0 Å². The Labute approximate surface area is 255 Å². The fourth-order valence-corrected chi connectivity index (χ4v) is 4.14. The Morgan fingerprint density at radius 1 is 0.682 bits per heavy atom. The molecule has 44 heavy (non-hydrogen) atoms. The highest BCUT2D eigenvalue weighted by atomic mass is 16.7. The fraction of sp³-hybridized carbons (Fsp3) is 0.333. The first-order chi connectivity index (χ1) is 21.2. The second-order valence-corrected chi connectivity index (χ2v) is 9.89. The summed E-state index contributed by atoms with van der Waals surface area (Å²) in [7, 11) is 0. The van der Waals surface area contributed by atoms with Crippen molar-refractivity contribution >= 4 is 23.9 Å². The van der Waals surface area contributed by atoms with Crippen LogP contribution in [0.2, 0.25) is 0 Å². The van der Waals surface area contributed by atoms with Crippen LogP contribution >= 0.6 is 0 Å². The second kappa shape index (κ2) is 17.5. The first-order valence-corrected chi connectivity index (χ1v) is 14.1. The largest absolute Gasteiger partial charge is 0.465 e. The van der Waals surface area contributed by atoms with Crippen LogP contribution in [0.3, 0.4) is 0 Å². The summed E-state index contributed by atoms with van der Waals surface area (Å²) in [6, 6.07) is 24.0. The maximum atomic E-state index is 13.4. The molecular formula is C33H37NO10. The fourth-order valence-electron chi connectivity index (χ4n) is 4.14. The molecule has 11 heteroatoms. The van der Waals surface area contributed by atoms with Gasteiger partial charge < -0.3 is 34.5 Å². The molecule has 0 fully saturated rings. The van der Waals surface area contributed by atoms with E-state index < -0.39 is 54.4 Å². The van der Waals surface area contributed by atoms with Crippen LogP contribution in [0, 0.1) is 5.92 Å². The van der Waals surface area contributed by atoms with Crippen molar-refractivity contribution in [2.45, 2.75) is 44.9 Å². The topological polar surface area (TPSA) is 161 Å². The molecule has 0 aliphatic heterocycles. The van der Waals surface area contributed by atoms with E-state index >= 15 is 0 Å². The number of hydrogen-bond acceptors (Lipinski definition) is 11. The molecule has 234 valence electrons. The van der Waals surface area contributed by atoms with E-state index in [1.165, 1.54) is 43.3 Å². The third-order valence-corrected chi connectivity index (χ3v) is 6.43. The molecule has 0 saturated heterocycles. The van der Waals surface area contributed by atoms with Gasteiger partial charge in [-0.1, -0.05) is 61.5 Å². The summed E-state index contributed by atoms with van der Waals surface area (Å²) in [4.78, 5) is 51.7. The molecule has 0 aromatic heterocycles. The molecule has 5 atom stereocenters. The predicted molar refractivity (Wildman–Crippen MR) is 158 cm³/mol. The Balaban J connectivity index is 2.09. The Morgan fingerprint density at radius 2 is 1.09 bits per heavy atom. The van der Waals surface area contributed by atoms with Crippen molar-refractivity contribution in [2.24, 2.45) is 11.7 Å². The van der Waals surface area contributed by atoms with Crippen molar-refractivity contribution in [1.82, 2.24) is 0 Å². The van der Waals surface area contributed by atoms with Crippen molar-refractivity contribution < 1.29 is 48.0 Å². The molecule has 5 unspecified atom stereocenters. The number of aliphatic hydroxyl groups is 1. The minimum Gasteiger partial charge on any atom is -0.465 e. The molecule has 3 aromatic rings. The first kappa shape index (κ1) is 33.9. The number of hydrogen-bond donors (Lipinski definition) is 2. The highest BCUT2D eigenvalue weighted by Crippen LogP contribution is 2.26. The Bertz CT molecular complexity index is 1340. The van der Waals surface area contributed by atoms with Gasteiger partial charge in [-0.05, 0) is 49.4 Å². The summed E-state index contributed by atoms with van der Waals surface area (Å²) in [5, 5.41) is 11.2. The highest BCUT2D eigenvalue weighted by molar-refractivity contribution is 5.91. The molecule has 0 amide bonds. The summed E-state index contributed by atoms with van der Waals surface area (Å²) in [6.45, 7) is 2.78. The predicted octanol–water partition coefficient (Wildman–Crippen LogP) is 3.55. The van der Waals surface area contributed by atoms with Gasteiger partial charge in [-0.2, -0.15) is 0 Å². The Hall–Kier alpha value is -4.58. The molecule has 11 nitrogen and oxygen atoms in total. The van der Waals surface area contributed by atoms with Crippen molar-refractivity contribution in [3.05, 3.63) is 108 Å². The Morgan fingerprint density at radius 3 is 1.50 bits per heavy atom.